The molecule has 11 nitrogen and oxygen atoms in total. The molecular formula is C34H27F27O11. The van der Waals surface area contributed by atoms with Crippen molar-refractivity contribution >= 4 is 23.8 Å². The molecule has 4 unspecified atom stereocenters. The van der Waals surface area contributed by atoms with E-state index in [1.807, 2.05) is 0 Å². The van der Waals surface area contributed by atoms with E-state index in [2.05, 4.69) is 35.0 Å². The van der Waals surface area contributed by atoms with Crippen molar-refractivity contribution in [2.75, 3.05) is 20.0 Å². The van der Waals surface area contributed by atoms with Crippen LogP contribution in [0.4, 0.5) is 119 Å². The van der Waals surface area contributed by atoms with Crippen LogP contribution in [-0.4, -0.2) is 122 Å². The highest BCUT2D eigenvalue weighted by Crippen LogP contribution is 2.47. The van der Waals surface area contributed by atoms with Crippen LogP contribution in [0.15, 0.2) is 36.4 Å². The molecule has 418 valence electrons. The molecule has 38 heteroatoms. The Hall–Kier alpha value is -4.85. The highest BCUT2D eigenvalue weighted by molar-refractivity contribution is 6.03. The van der Waals surface area contributed by atoms with Crippen LogP contribution in [0, 0.1) is 0 Å². The Balaban J connectivity index is 0.00000164. The van der Waals surface area contributed by atoms with Crippen LogP contribution < -0.4 is 0 Å². The van der Waals surface area contributed by atoms with Gasteiger partial charge >= 0.3 is 90.7 Å². The number of carbonyl (C=O) groups is 4. The number of ether oxygens (including phenoxy) is 7. The van der Waals surface area contributed by atoms with Crippen molar-refractivity contribution in [2.24, 2.45) is 0 Å². The molecule has 0 saturated carbocycles. The van der Waals surface area contributed by atoms with Crippen molar-refractivity contribution in [1.82, 2.24) is 0 Å². The highest BCUT2D eigenvalue weighted by Gasteiger charge is 2.72. The lowest BCUT2D eigenvalue weighted by Gasteiger charge is -2.35. The first kappa shape index (κ1) is 67.1. The van der Waals surface area contributed by atoms with E-state index < -0.39 is 140 Å². The fourth-order valence-corrected chi connectivity index (χ4v) is 4.06. The third kappa shape index (κ3) is 19.5. The predicted octanol–water partition coefficient (Wildman–Crippen LogP) is 11.3. The summed E-state index contributed by atoms with van der Waals surface area (Å²) in [7, 11) is 0. The summed E-state index contributed by atoms with van der Waals surface area (Å²) in [6.07, 6.45) is -58.2. The molecule has 0 fully saturated rings. The van der Waals surface area contributed by atoms with Crippen molar-refractivity contribution in [2.45, 2.75) is 119 Å². The lowest BCUT2D eigenvalue weighted by molar-refractivity contribution is -0.441. The first-order valence-corrected chi connectivity index (χ1v) is 17.6. The van der Waals surface area contributed by atoms with Crippen LogP contribution in [0.3, 0.4) is 0 Å². The third-order valence-electron chi connectivity index (χ3n) is 7.44. The van der Waals surface area contributed by atoms with Gasteiger partial charge in [0.25, 0.3) is 0 Å². The molecule has 1 aromatic carbocycles. The normalized spacial score (nSPS) is 17.0. The molecule has 1 rings (SSSR count). The van der Waals surface area contributed by atoms with Gasteiger partial charge in [-0.25, -0.2) is 9.59 Å². The number of hydrogen-bond donors (Lipinski definition) is 0. The highest BCUT2D eigenvalue weighted by atomic mass is 19.4. The molecule has 0 amide bonds. The summed E-state index contributed by atoms with van der Waals surface area (Å²) in [4.78, 5) is 46.2. The number of halogens is 27. The zero-order valence-electron chi connectivity index (χ0n) is 35.0. The van der Waals surface area contributed by atoms with Gasteiger partial charge in [-0.3, -0.25) is 19.1 Å². The molecule has 0 saturated heterocycles. The Morgan fingerprint density at radius 2 is 0.903 bits per heavy atom. The van der Waals surface area contributed by atoms with E-state index in [-0.39, 0.29) is 12.2 Å². The molecule has 0 radical (unpaired) electrons. The Labute approximate surface area is 381 Å². The van der Waals surface area contributed by atoms with Crippen LogP contribution in [-0.2, 0) is 54.1 Å². The van der Waals surface area contributed by atoms with Gasteiger partial charge in [-0.15, -0.1) is 0 Å². The van der Waals surface area contributed by atoms with Gasteiger partial charge in [0.2, 0.25) is 5.78 Å². The maximum Gasteiger partial charge on any atom is 0.460 e. The Morgan fingerprint density at radius 1 is 0.542 bits per heavy atom. The number of rotatable bonds is 22. The summed E-state index contributed by atoms with van der Waals surface area (Å²) in [6, 6.07) is 0.293. The molecule has 0 aromatic heterocycles. The Kier molecular flexibility index (Phi) is 21.2. The van der Waals surface area contributed by atoms with Crippen molar-refractivity contribution in [3.05, 3.63) is 47.5 Å². The molecule has 4 atom stereocenters. The SMILES string of the molecule is C=C(C)C(=O)OCOCc1ccc(C(=O)C(C)(C)OC(=O)C(F)(OCC(F)(OC(F)(F)CC(F)(F)F)C(F)(F)F)C(F)(F)F)cc1.O=C(F)C(F)(OCC(F)(OC(F)(F)CC(F)(F)F)C(F)(F)F)C(F)(F)F. The van der Waals surface area contributed by atoms with Crippen molar-refractivity contribution in [3.63, 3.8) is 0 Å². The minimum atomic E-state index is -6.88. The van der Waals surface area contributed by atoms with E-state index >= 15 is 0 Å². The average molecular weight is 1120 g/mol. The fourth-order valence-electron chi connectivity index (χ4n) is 4.06. The van der Waals surface area contributed by atoms with Crippen LogP contribution in [0.1, 0.15) is 49.5 Å². The van der Waals surface area contributed by atoms with Gasteiger partial charge in [0.05, 0.1) is 6.61 Å². The predicted molar refractivity (Wildman–Crippen MR) is 173 cm³/mol. The van der Waals surface area contributed by atoms with E-state index in [9.17, 15) is 138 Å². The van der Waals surface area contributed by atoms with Gasteiger partial charge in [0.15, 0.2) is 12.4 Å². The minimum Gasteiger partial charge on any atom is -0.447 e. The summed E-state index contributed by atoms with van der Waals surface area (Å²) in [5.41, 5.74) is -2.77. The summed E-state index contributed by atoms with van der Waals surface area (Å²) in [6.45, 7) is -2.02. The second-order valence-electron chi connectivity index (χ2n) is 14.2. The molecule has 0 aliphatic carbocycles. The molecule has 0 aliphatic heterocycles. The van der Waals surface area contributed by atoms with Crippen molar-refractivity contribution < 1.29 is 171 Å². The number of carbonyl (C=O) groups excluding carboxylic acids is 4. The second-order valence-corrected chi connectivity index (χ2v) is 14.2. The molecule has 1 aromatic rings. The molecule has 0 aliphatic rings. The van der Waals surface area contributed by atoms with Crippen molar-refractivity contribution in [3.8, 4) is 0 Å². The van der Waals surface area contributed by atoms with E-state index in [0.29, 0.717) is 19.4 Å². The molecule has 0 heterocycles. The average Bonchev–Trinajstić information content (AvgIpc) is 3.13. The Morgan fingerprint density at radius 3 is 1.21 bits per heavy atom. The number of alkyl halides is 26. The number of esters is 2. The van der Waals surface area contributed by atoms with Crippen LogP contribution in [0.25, 0.3) is 0 Å². The first-order valence-electron chi connectivity index (χ1n) is 17.6. The van der Waals surface area contributed by atoms with Crippen LogP contribution in [0.2, 0.25) is 0 Å². The third-order valence-corrected chi connectivity index (χ3v) is 7.44. The maximum absolute atomic E-state index is 14.9. The van der Waals surface area contributed by atoms with E-state index in [1.165, 1.54) is 19.1 Å². The van der Waals surface area contributed by atoms with Gasteiger partial charge in [-0.1, -0.05) is 30.8 Å². The topological polar surface area (TPSA) is 133 Å². The largest absolute Gasteiger partial charge is 0.460 e. The summed E-state index contributed by atoms with van der Waals surface area (Å²) in [5, 5.41) is 0. The minimum absolute atomic E-state index is 0.0805. The van der Waals surface area contributed by atoms with Gasteiger partial charge in [0, 0.05) is 11.1 Å². The Bertz CT molecular complexity index is 2030. The summed E-state index contributed by atoms with van der Waals surface area (Å²) >= 11 is 0. The van der Waals surface area contributed by atoms with E-state index in [1.54, 1.807) is 0 Å². The molecule has 72 heavy (non-hydrogen) atoms. The van der Waals surface area contributed by atoms with Crippen LogP contribution >= 0.6 is 0 Å². The number of ketones is 1. The lowest BCUT2D eigenvalue weighted by Crippen LogP contribution is -2.59. The van der Waals surface area contributed by atoms with Crippen LogP contribution in [0.5, 0.6) is 0 Å². The quantitative estimate of drug-likeness (QED) is 0.0209. The van der Waals surface area contributed by atoms with E-state index in [4.69, 9.17) is 4.74 Å². The van der Waals surface area contributed by atoms with Gasteiger partial charge in [0.1, 0.15) is 26.1 Å². The number of Topliss-reactive ketones (excluding diaryl/α,β-unsaturated/α-hetero) is 1. The maximum atomic E-state index is 14.9. The zero-order chi connectivity index (χ0) is 57.6. The number of hydrogen-bond acceptors (Lipinski definition) is 11. The molecule has 0 spiro atoms. The summed E-state index contributed by atoms with van der Waals surface area (Å²) < 4.78 is 369. The number of benzene rings is 1. The monoisotopic (exact) mass is 1120 g/mol. The molecule has 0 N–H and O–H groups in total. The fraction of sp³-hybridized carbons (Fsp3) is 0.647. The lowest BCUT2D eigenvalue weighted by atomic mass is 9.95. The zero-order valence-corrected chi connectivity index (χ0v) is 35.0. The van der Waals surface area contributed by atoms with Gasteiger partial charge in [-0.2, -0.15) is 119 Å². The molecular weight excluding hydrogens is 1100 g/mol. The second kappa shape index (κ2) is 22.7. The van der Waals surface area contributed by atoms with Gasteiger partial charge < -0.3 is 23.7 Å². The molecule has 0 bridgehead atoms. The summed E-state index contributed by atoms with van der Waals surface area (Å²) in [5.74, 6) is -30.2. The first-order chi connectivity index (χ1) is 31.5. The van der Waals surface area contributed by atoms with Crippen molar-refractivity contribution in [1.29, 1.82) is 0 Å². The van der Waals surface area contributed by atoms with Gasteiger partial charge in [-0.05, 0) is 26.3 Å². The van der Waals surface area contributed by atoms with E-state index in [0.717, 1.165) is 12.1 Å². The smallest absolute Gasteiger partial charge is 0.447 e. The standard InChI is InChI=1S/C25H23F13O8.C9H4F14O3/c1-13(2)17(40)43-12-42-9-14-5-7-15(8-6-14)16(39)19(3,4)45-18(41)23(32,25(36,37)38)44-11-20(26,24(33,34)35)46-22(30,31)10-21(27,28)29;10-3(24)7(17,9(21,22)23)25-2-4(11,8(18,19)20)26-6(15,16)1-5(12,13)14/h5-8H,1,9-12H2,2-4H3;1-2H2.